The van der Waals surface area contributed by atoms with Crippen LogP contribution < -0.4 is 9.47 Å². The van der Waals surface area contributed by atoms with Gasteiger partial charge in [-0.15, -0.1) is 0 Å². The molecule has 0 aromatic heterocycles. The molecule has 0 amide bonds. The summed E-state index contributed by atoms with van der Waals surface area (Å²) in [4.78, 5) is 11.6. The summed E-state index contributed by atoms with van der Waals surface area (Å²) < 4.78 is 11.4. The van der Waals surface area contributed by atoms with Crippen molar-refractivity contribution in [2.75, 3.05) is 6.61 Å². The molecule has 29 heavy (non-hydrogen) atoms. The van der Waals surface area contributed by atoms with Crippen LogP contribution in [0.1, 0.15) is 65.4 Å². The number of aryl methyl sites for hydroxylation is 1. The van der Waals surface area contributed by atoms with Crippen LogP contribution in [0.15, 0.2) is 18.2 Å². The topological polar surface area (TPSA) is 76.0 Å². The number of carbonyl (C=O) groups excluding carboxylic acids is 1. The van der Waals surface area contributed by atoms with E-state index in [9.17, 15) is 15.0 Å². The van der Waals surface area contributed by atoms with Crippen molar-refractivity contribution in [3.05, 3.63) is 23.8 Å². The molecule has 5 nitrogen and oxygen atoms in total. The van der Waals surface area contributed by atoms with Crippen molar-refractivity contribution >= 4 is 5.97 Å². The number of aliphatic hydroxyl groups excluding tert-OH is 1. The predicted octanol–water partition coefficient (Wildman–Crippen LogP) is 3.88. The Morgan fingerprint density at radius 1 is 1.14 bits per heavy atom. The monoisotopic (exact) mass is 402 g/mol. The molecule has 2 aliphatic carbocycles. The minimum atomic E-state index is -0.881. The lowest BCUT2D eigenvalue weighted by atomic mass is 9.44. The zero-order valence-corrected chi connectivity index (χ0v) is 18.0. The number of benzene rings is 1. The van der Waals surface area contributed by atoms with E-state index in [-0.39, 0.29) is 34.7 Å². The molecule has 1 aliphatic heterocycles. The summed E-state index contributed by atoms with van der Waals surface area (Å²) in [5.74, 6) is 1.33. The van der Waals surface area contributed by atoms with E-state index in [1.807, 2.05) is 19.1 Å². The second-order valence-corrected chi connectivity index (χ2v) is 10.3. The van der Waals surface area contributed by atoms with E-state index in [0.717, 1.165) is 31.2 Å². The fourth-order valence-corrected chi connectivity index (χ4v) is 6.23. The van der Waals surface area contributed by atoms with Gasteiger partial charge >= 0.3 is 5.97 Å². The minimum Gasteiger partial charge on any atom is -0.493 e. The van der Waals surface area contributed by atoms with E-state index >= 15 is 0 Å². The summed E-state index contributed by atoms with van der Waals surface area (Å²) in [6.07, 6.45) is 4.19. The molecule has 3 unspecified atom stereocenters. The van der Waals surface area contributed by atoms with Crippen LogP contribution in [-0.4, -0.2) is 34.5 Å². The molecule has 160 valence electrons. The summed E-state index contributed by atoms with van der Waals surface area (Å²) in [7, 11) is 0. The van der Waals surface area contributed by atoms with E-state index in [2.05, 4.69) is 20.8 Å². The van der Waals surface area contributed by atoms with Gasteiger partial charge in [0.05, 0.1) is 24.7 Å². The lowest BCUT2D eigenvalue weighted by molar-refractivity contribution is -0.227. The first-order valence-electron chi connectivity index (χ1n) is 10.9. The van der Waals surface area contributed by atoms with Gasteiger partial charge in [0.25, 0.3) is 0 Å². The van der Waals surface area contributed by atoms with Crippen molar-refractivity contribution < 1.29 is 24.5 Å². The number of fused-ring (bicyclic) bond motifs is 2. The molecule has 1 aromatic carbocycles. The van der Waals surface area contributed by atoms with Gasteiger partial charge in [0.2, 0.25) is 0 Å². The SMILES string of the molecule is CC1(C)C2CCC(COc3ccc4c(c3)OC(=O)CC4)C(C)(O)[C@@]2(C)CC[C@@H]1O. The molecule has 2 fully saturated rings. The predicted molar refractivity (Wildman–Crippen MR) is 110 cm³/mol. The highest BCUT2D eigenvalue weighted by molar-refractivity contribution is 5.75. The molecule has 0 spiro atoms. The maximum Gasteiger partial charge on any atom is 0.311 e. The highest BCUT2D eigenvalue weighted by Gasteiger charge is 2.62. The molecule has 0 radical (unpaired) electrons. The minimum absolute atomic E-state index is 0.00776. The lowest BCUT2D eigenvalue weighted by Crippen LogP contribution is -2.64. The van der Waals surface area contributed by atoms with Gasteiger partial charge in [-0.2, -0.15) is 0 Å². The third-order valence-corrected chi connectivity index (χ3v) is 8.53. The van der Waals surface area contributed by atoms with Crippen molar-refractivity contribution in [2.24, 2.45) is 22.7 Å². The Hall–Kier alpha value is -1.59. The first-order valence-corrected chi connectivity index (χ1v) is 10.9. The molecule has 2 saturated carbocycles. The van der Waals surface area contributed by atoms with Crippen LogP contribution in [0.2, 0.25) is 0 Å². The van der Waals surface area contributed by atoms with E-state index in [1.165, 1.54) is 0 Å². The Morgan fingerprint density at radius 3 is 2.66 bits per heavy atom. The van der Waals surface area contributed by atoms with Gasteiger partial charge in [0, 0.05) is 12.0 Å². The Labute approximate surface area is 173 Å². The maximum absolute atomic E-state index is 11.7. The number of ether oxygens (including phenoxy) is 2. The molecule has 5 heteroatoms. The number of aliphatic hydroxyl groups is 2. The highest BCUT2D eigenvalue weighted by Crippen LogP contribution is 2.62. The van der Waals surface area contributed by atoms with Crippen LogP contribution in [0.25, 0.3) is 0 Å². The van der Waals surface area contributed by atoms with E-state index in [0.29, 0.717) is 30.9 Å². The summed E-state index contributed by atoms with van der Waals surface area (Å²) in [6.45, 7) is 8.85. The number of carbonyl (C=O) groups is 1. The van der Waals surface area contributed by atoms with Gasteiger partial charge in [0.1, 0.15) is 11.5 Å². The van der Waals surface area contributed by atoms with Crippen LogP contribution in [0.4, 0.5) is 0 Å². The van der Waals surface area contributed by atoms with Crippen LogP contribution in [0, 0.1) is 22.7 Å². The average molecular weight is 403 g/mol. The average Bonchev–Trinajstić information content (AvgIpc) is 2.65. The van der Waals surface area contributed by atoms with Crippen molar-refractivity contribution in [3.8, 4) is 11.5 Å². The molecule has 1 heterocycles. The van der Waals surface area contributed by atoms with Crippen LogP contribution in [0.3, 0.4) is 0 Å². The van der Waals surface area contributed by atoms with E-state index < -0.39 is 5.60 Å². The molecule has 2 N–H and O–H groups in total. The standard InChI is InChI=1S/C24H34O5/c1-22(2)19-9-7-16(24(4,27)23(19,3)12-11-20(22)25)14-28-17-8-5-15-6-10-21(26)29-18(15)13-17/h5,8,13,16,19-20,25,27H,6-7,9-12,14H2,1-4H3/t16?,19?,20-,23-,24?/m0/s1. The summed E-state index contributed by atoms with van der Waals surface area (Å²) in [5.41, 5.74) is -0.313. The van der Waals surface area contributed by atoms with Crippen LogP contribution in [-0.2, 0) is 11.2 Å². The lowest BCUT2D eigenvalue weighted by Gasteiger charge is -2.63. The van der Waals surface area contributed by atoms with E-state index in [1.54, 1.807) is 6.07 Å². The normalized spacial score (nSPS) is 38.6. The second kappa shape index (κ2) is 6.98. The Bertz CT molecular complexity index is 798. The number of esters is 1. The zero-order chi connectivity index (χ0) is 21.0. The molecule has 1 aromatic rings. The summed E-state index contributed by atoms with van der Waals surface area (Å²) >= 11 is 0. The number of hydrogen-bond donors (Lipinski definition) is 2. The van der Waals surface area contributed by atoms with E-state index in [4.69, 9.17) is 9.47 Å². The molecular formula is C24H34O5. The third kappa shape index (κ3) is 3.27. The van der Waals surface area contributed by atoms with Crippen molar-refractivity contribution in [2.45, 2.75) is 77.9 Å². The van der Waals surface area contributed by atoms with Gasteiger partial charge in [-0.05, 0) is 67.4 Å². The quantitative estimate of drug-likeness (QED) is 0.593. The summed E-state index contributed by atoms with van der Waals surface area (Å²) in [5, 5.41) is 22.2. The van der Waals surface area contributed by atoms with Crippen molar-refractivity contribution in [1.82, 2.24) is 0 Å². The first-order chi connectivity index (χ1) is 13.6. The van der Waals surface area contributed by atoms with Crippen LogP contribution >= 0.6 is 0 Å². The molecule has 5 atom stereocenters. The fourth-order valence-electron chi connectivity index (χ4n) is 6.23. The number of rotatable bonds is 3. The fraction of sp³-hybridized carbons (Fsp3) is 0.708. The molecule has 4 rings (SSSR count). The van der Waals surface area contributed by atoms with Crippen molar-refractivity contribution in [1.29, 1.82) is 0 Å². The van der Waals surface area contributed by atoms with Crippen molar-refractivity contribution in [3.63, 3.8) is 0 Å². The molecule has 0 bridgehead atoms. The van der Waals surface area contributed by atoms with Gasteiger partial charge in [0.15, 0.2) is 0 Å². The van der Waals surface area contributed by atoms with Gasteiger partial charge < -0.3 is 19.7 Å². The molecule has 0 saturated heterocycles. The highest BCUT2D eigenvalue weighted by atomic mass is 16.5. The molecule has 3 aliphatic rings. The smallest absolute Gasteiger partial charge is 0.311 e. The zero-order valence-electron chi connectivity index (χ0n) is 18.0. The Morgan fingerprint density at radius 2 is 1.90 bits per heavy atom. The first kappa shape index (κ1) is 20.7. The largest absolute Gasteiger partial charge is 0.493 e. The second-order valence-electron chi connectivity index (χ2n) is 10.3. The van der Waals surface area contributed by atoms with Gasteiger partial charge in [-0.1, -0.05) is 26.8 Å². The van der Waals surface area contributed by atoms with Gasteiger partial charge in [-0.3, -0.25) is 4.79 Å². The van der Waals surface area contributed by atoms with Gasteiger partial charge in [-0.25, -0.2) is 0 Å². The van der Waals surface area contributed by atoms with Crippen LogP contribution in [0.5, 0.6) is 11.5 Å². The Balaban J connectivity index is 1.49. The third-order valence-electron chi connectivity index (χ3n) is 8.53. The maximum atomic E-state index is 11.7. The number of hydrogen-bond acceptors (Lipinski definition) is 5. The molecular weight excluding hydrogens is 368 g/mol. The Kier molecular flexibility index (Phi) is 4.98. The summed E-state index contributed by atoms with van der Waals surface area (Å²) in [6, 6.07) is 5.66.